The molecule has 0 saturated carbocycles. The maximum atomic E-state index is 12.8. The minimum Gasteiger partial charge on any atom is -0.490 e. The van der Waals surface area contributed by atoms with Gasteiger partial charge in [0.25, 0.3) is 5.56 Å². The van der Waals surface area contributed by atoms with E-state index in [2.05, 4.69) is 22.0 Å². The van der Waals surface area contributed by atoms with E-state index < -0.39 is 0 Å². The van der Waals surface area contributed by atoms with Gasteiger partial charge in [-0.15, -0.1) is 17.8 Å². The van der Waals surface area contributed by atoms with Gasteiger partial charge in [-0.2, -0.15) is 5.26 Å². The summed E-state index contributed by atoms with van der Waals surface area (Å²) < 4.78 is 11.1. The molecule has 3 aromatic rings. The smallest absolute Gasteiger partial charge is 0.260 e. The molecule has 0 radical (unpaired) electrons. The molecule has 0 unspecified atom stereocenters. The number of ether oxygens (including phenoxy) is 2. The first-order valence-electron chi connectivity index (χ1n) is 10.1. The van der Waals surface area contributed by atoms with Crippen molar-refractivity contribution in [1.82, 2.24) is 9.97 Å². The number of rotatable bonds is 6. The second-order valence-corrected chi connectivity index (χ2v) is 8.19. The second kappa shape index (κ2) is 9.07. The summed E-state index contributed by atoms with van der Waals surface area (Å²) in [6.07, 6.45) is 11.1. The van der Waals surface area contributed by atoms with E-state index in [1.807, 2.05) is 6.92 Å². The van der Waals surface area contributed by atoms with Crippen LogP contribution in [0.1, 0.15) is 41.6 Å². The number of nitrogens with zero attached hydrogens (tertiary/aromatic N) is 2. The fraction of sp³-hybridized carbons (Fsp3) is 0.292. The van der Waals surface area contributed by atoms with Gasteiger partial charge in [0, 0.05) is 4.88 Å². The van der Waals surface area contributed by atoms with E-state index in [0.717, 1.165) is 36.8 Å². The molecule has 4 rings (SSSR count). The molecule has 7 heteroatoms. The van der Waals surface area contributed by atoms with Crippen molar-refractivity contribution in [2.75, 3.05) is 13.2 Å². The summed E-state index contributed by atoms with van der Waals surface area (Å²) in [5.41, 5.74) is 1.93. The zero-order chi connectivity index (χ0) is 21.8. The molecule has 0 aliphatic heterocycles. The molecule has 6 nitrogen and oxygen atoms in total. The molecule has 0 amide bonds. The Bertz CT molecular complexity index is 1300. The quantitative estimate of drug-likeness (QED) is 0.463. The molecule has 0 atom stereocenters. The van der Waals surface area contributed by atoms with Gasteiger partial charge in [-0.3, -0.25) is 4.79 Å². The molecule has 1 N–H and O–H groups in total. The Balaban J connectivity index is 1.74. The van der Waals surface area contributed by atoms with Gasteiger partial charge in [0.2, 0.25) is 0 Å². The van der Waals surface area contributed by atoms with Crippen LogP contribution < -0.4 is 15.0 Å². The first-order valence-corrected chi connectivity index (χ1v) is 11.0. The number of H-pyrrole nitrogens is 1. The third-order valence-corrected chi connectivity index (χ3v) is 6.28. The first kappa shape index (κ1) is 20.7. The Morgan fingerprint density at radius 1 is 1.32 bits per heavy atom. The predicted molar refractivity (Wildman–Crippen MR) is 122 cm³/mol. The maximum absolute atomic E-state index is 12.8. The molecule has 31 heavy (non-hydrogen) atoms. The molecule has 156 valence electrons. The van der Waals surface area contributed by atoms with Gasteiger partial charge in [0.1, 0.15) is 17.5 Å². The number of nitrogens with one attached hydrogen (secondary N) is 1. The van der Waals surface area contributed by atoms with Crippen molar-refractivity contribution >= 4 is 33.2 Å². The first-order chi connectivity index (χ1) is 15.1. The SMILES string of the molecule is C#CCOc1ccc(/C=C(\C#N)c2nc3sc4c(c3c(=O)[nH]2)CCCC4)cc1OCC. The summed E-state index contributed by atoms with van der Waals surface area (Å²) in [5.74, 6) is 3.76. The average Bonchev–Trinajstić information content (AvgIpc) is 3.16. The molecule has 0 bridgehead atoms. The summed E-state index contributed by atoms with van der Waals surface area (Å²) in [4.78, 5) is 22.2. The van der Waals surface area contributed by atoms with Gasteiger partial charge >= 0.3 is 0 Å². The number of nitriles is 1. The minimum atomic E-state index is -0.186. The number of aromatic amines is 1. The van der Waals surface area contributed by atoms with E-state index in [0.29, 0.717) is 28.3 Å². The van der Waals surface area contributed by atoms with Gasteiger partial charge in [0.05, 0.1) is 17.6 Å². The van der Waals surface area contributed by atoms with E-state index in [1.54, 1.807) is 35.6 Å². The Labute approximate surface area is 184 Å². The molecule has 0 spiro atoms. The molecule has 1 aromatic carbocycles. The highest BCUT2D eigenvalue weighted by Gasteiger charge is 2.20. The standard InChI is InChI=1S/C24H21N3O3S/c1-3-11-30-18-10-9-15(13-19(18)29-4-2)12-16(14-25)22-26-23(28)21-17-7-5-6-8-20(17)31-24(21)27-22/h1,9-10,12-13H,4-8,11H2,2H3,(H,26,27,28)/b16-12+. The highest BCUT2D eigenvalue weighted by Crippen LogP contribution is 2.34. The number of aryl methyl sites for hydroxylation is 2. The second-order valence-electron chi connectivity index (χ2n) is 7.11. The highest BCUT2D eigenvalue weighted by atomic mass is 32.1. The molecular weight excluding hydrogens is 410 g/mol. The average molecular weight is 432 g/mol. The molecule has 0 saturated heterocycles. The molecule has 2 aromatic heterocycles. The Hall–Kier alpha value is -3.55. The summed E-state index contributed by atoms with van der Waals surface area (Å²) >= 11 is 1.56. The van der Waals surface area contributed by atoms with E-state index in [-0.39, 0.29) is 23.6 Å². The summed E-state index contributed by atoms with van der Waals surface area (Å²) in [5, 5.41) is 10.4. The van der Waals surface area contributed by atoms with Gasteiger partial charge in [0.15, 0.2) is 17.3 Å². The maximum Gasteiger partial charge on any atom is 0.260 e. The topological polar surface area (TPSA) is 88.0 Å². The van der Waals surface area contributed by atoms with Crippen LogP contribution in [-0.2, 0) is 12.8 Å². The lowest BCUT2D eigenvalue weighted by Crippen LogP contribution is -2.12. The van der Waals surface area contributed by atoms with Crippen LogP contribution in [0.2, 0.25) is 0 Å². The van der Waals surface area contributed by atoms with Crippen molar-refractivity contribution in [2.45, 2.75) is 32.6 Å². The molecule has 1 aliphatic carbocycles. The Morgan fingerprint density at radius 3 is 2.94 bits per heavy atom. The fourth-order valence-corrected chi connectivity index (χ4v) is 5.00. The van der Waals surface area contributed by atoms with Gasteiger partial charge in [-0.05, 0) is 61.9 Å². The zero-order valence-electron chi connectivity index (χ0n) is 17.2. The van der Waals surface area contributed by atoms with Crippen LogP contribution >= 0.6 is 11.3 Å². The number of hydrogen-bond donors (Lipinski definition) is 1. The third-order valence-electron chi connectivity index (χ3n) is 5.09. The number of fused-ring (bicyclic) bond motifs is 3. The van der Waals surface area contributed by atoms with Crippen LogP contribution in [0.15, 0.2) is 23.0 Å². The van der Waals surface area contributed by atoms with E-state index in [1.165, 1.54) is 4.88 Å². The normalized spacial score (nSPS) is 13.3. The number of benzene rings is 1. The fourth-order valence-electron chi connectivity index (χ4n) is 3.73. The molecule has 1 aliphatic rings. The van der Waals surface area contributed by atoms with Crippen LogP contribution in [0, 0.1) is 23.7 Å². The van der Waals surface area contributed by atoms with Crippen LogP contribution in [0.4, 0.5) is 0 Å². The number of aromatic nitrogens is 2. The van der Waals surface area contributed by atoms with E-state index >= 15 is 0 Å². The molecule has 0 fully saturated rings. The van der Waals surface area contributed by atoms with Crippen LogP contribution in [0.3, 0.4) is 0 Å². The lowest BCUT2D eigenvalue weighted by atomic mass is 9.97. The Kier molecular flexibility index (Phi) is 6.06. The monoisotopic (exact) mass is 431 g/mol. The van der Waals surface area contributed by atoms with Crippen LogP contribution in [0.25, 0.3) is 21.9 Å². The molecular formula is C24H21N3O3S. The van der Waals surface area contributed by atoms with E-state index in [4.69, 9.17) is 15.9 Å². The number of hydrogen-bond acceptors (Lipinski definition) is 6. The van der Waals surface area contributed by atoms with Crippen molar-refractivity contribution in [2.24, 2.45) is 0 Å². The lowest BCUT2D eigenvalue weighted by Gasteiger charge is -2.11. The third kappa shape index (κ3) is 4.19. The van der Waals surface area contributed by atoms with Gasteiger partial charge < -0.3 is 14.5 Å². The summed E-state index contributed by atoms with van der Waals surface area (Å²) in [6.45, 7) is 2.46. The van der Waals surface area contributed by atoms with Crippen molar-refractivity contribution in [3.8, 4) is 29.9 Å². The predicted octanol–water partition coefficient (Wildman–Crippen LogP) is 4.34. The Morgan fingerprint density at radius 2 is 2.16 bits per heavy atom. The zero-order valence-corrected chi connectivity index (χ0v) is 18.0. The van der Waals surface area contributed by atoms with Crippen molar-refractivity contribution in [1.29, 1.82) is 5.26 Å². The number of terminal acetylenes is 1. The largest absolute Gasteiger partial charge is 0.490 e. The van der Waals surface area contributed by atoms with Crippen LogP contribution in [-0.4, -0.2) is 23.2 Å². The van der Waals surface area contributed by atoms with Gasteiger partial charge in [-0.25, -0.2) is 4.98 Å². The number of allylic oxidation sites excluding steroid dienone is 1. The summed E-state index contributed by atoms with van der Waals surface area (Å²) in [7, 11) is 0. The minimum absolute atomic E-state index is 0.134. The summed E-state index contributed by atoms with van der Waals surface area (Å²) in [6, 6.07) is 7.47. The van der Waals surface area contributed by atoms with Crippen molar-refractivity contribution in [3.05, 3.63) is 50.4 Å². The van der Waals surface area contributed by atoms with Crippen LogP contribution in [0.5, 0.6) is 11.5 Å². The lowest BCUT2D eigenvalue weighted by molar-refractivity contribution is 0.299. The number of thiophene rings is 1. The van der Waals surface area contributed by atoms with Crippen molar-refractivity contribution < 1.29 is 9.47 Å². The highest BCUT2D eigenvalue weighted by molar-refractivity contribution is 7.18. The van der Waals surface area contributed by atoms with Crippen molar-refractivity contribution in [3.63, 3.8) is 0 Å². The molecule has 2 heterocycles. The van der Waals surface area contributed by atoms with E-state index in [9.17, 15) is 10.1 Å². The van der Waals surface area contributed by atoms with Gasteiger partial charge in [-0.1, -0.05) is 12.0 Å².